The molecule has 0 aliphatic carbocycles. The summed E-state index contributed by atoms with van der Waals surface area (Å²) >= 11 is 1.31. The Hall–Kier alpha value is -2.87. The zero-order valence-corrected chi connectivity index (χ0v) is 18.8. The maximum absolute atomic E-state index is 12.6. The molecule has 2 aliphatic heterocycles. The van der Waals surface area contributed by atoms with Crippen molar-refractivity contribution in [1.82, 2.24) is 15.5 Å². The van der Waals surface area contributed by atoms with Crippen LogP contribution in [0.1, 0.15) is 32.6 Å². The number of fused-ring (bicyclic) bond motifs is 1. The van der Waals surface area contributed by atoms with Gasteiger partial charge in [-0.05, 0) is 12.8 Å². The van der Waals surface area contributed by atoms with Crippen LogP contribution in [0.25, 0.3) is 0 Å². The highest BCUT2D eigenvalue weighted by Crippen LogP contribution is 2.40. The van der Waals surface area contributed by atoms with E-state index in [9.17, 15) is 33.9 Å². The highest BCUT2D eigenvalue weighted by Gasteiger charge is 2.57. The van der Waals surface area contributed by atoms with Crippen LogP contribution in [0.2, 0.25) is 0 Å². The molecular weight excluding hydrogens is 460 g/mol. The number of unbranched alkanes of at least 4 members (excludes halogenated alkanes) is 1. The Balaban J connectivity index is 1.82. The summed E-state index contributed by atoms with van der Waals surface area (Å²) in [6.07, 6.45) is 0.832. The van der Waals surface area contributed by atoms with Gasteiger partial charge in [0.1, 0.15) is 23.5 Å². The first-order valence-electron chi connectivity index (χ1n) is 10.4. The molecular formula is C19H28N4O9S. The van der Waals surface area contributed by atoms with Crippen molar-refractivity contribution in [3.05, 3.63) is 0 Å². The Bertz CT molecular complexity index is 808. The summed E-state index contributed by atoms with van der Waals surface area (Å²) in [4.78, 5) is 71.2. The molecule has 0 bridgehead atoms. The molecule has 0 saturated carbocycles. The molecule has 2 rings (SSSR count). The predicted octanol–water partition coefficient (Wildman–Crippen LogP) is -1.89. The van der Waals surface area contributed by atoms with Crippen LogP contribution in [-0.2, 0) is 33.5 Å². The number of nitrogens with one attached hydrogen (secondary N) is 2. The number of carboxylic acid groups (broad SMARTS) is 2. The second-order valence-corrected chi connectivity index (χ2v) is 8.92. The van der Waals surface area contributed by atoms with E-state index in [0.29, 0.717) is 18.6 Å². The minimum Gasteiger partial charge on any atom is -0.480 e. The molecule has 0 radical (unpaired) electrons. The van der Waals surface area contributed by atoms with Crippen molar-refractivity contribution in [1.29, 1.82) is 0 Å². The van der Waals surface area contributed by atoms with E-state index in [2.05, 4.69) is 10.6 Å². The number of thioether (sulfide) groups is 1. The lowest BCUT2D eigenvalue weighted by molar-refractivity contribution is -0.167. The van der Waals surface area contributed by atoms with Gasteiger partial charge in [0.25, 0.3) is 0 Å². The number of ether oxygens (including phenoxy) is 1. The van der Waals surface area contributed by atoms with E-state index in [1.807, 2.05) is 0 Å². The molecule has 0 aromatic heterocycles. The van der Waals surface area contributed by atoms with Gasteiger partial charge in [0.15, 0.2) is 0 Å². The smallest absolute Gasteiger partial charge is 0.326 e. The number of esters is 1. The van der Waals surface area contributed by atoms with Gasteiger partial charge in [0, 0.05) is 25.0 Å². The third kappa shape index (κ3) is 6.81. The lowest BCUT2D eigenvalue weighted by Gasteiger charge is -2.54. The van der Waals surface area contributed by atoms with Crippen molar-refractivity contribution < 1.29 is 43.7 Å². The van der Waals surface area contributed by atoms with Crippen molar-refractivity contribution >= 4 is 47.4 Å². The number of aliphatic carboxylic acids is 2. The molecule has 14 heteroatoms. The van der Waals surface area contributed by atoms with Gasteiger partial charge in [0.2, 0.25) is 17.7 Å². The van der Waals surface area contributed by atoms with E-state index in [1.165, 1.54) is 23.6 Å². The first kappa shape index (κ1) is 26.4. The van der Waals surface area contributed by atoms with Crippen LogP contribution in [-0.4, -0.2) is 93.1 Å². The van der Waals surface area contributed by atoms with Gasteiger partial charge in [-0.2, -0.15) is 0 Å². The normalized spacial score (nSPS) is 24.7. The molecule has 33 heavy (non-hydrogen) atoms. The number of amides is 3. The first-order valence-corrected chi connectivity index (χ1v) is 11.4. The fourth-order valence-corrected chi connectivity index (χ4v) is 5.20. The van der Waals surface area contributed by atoms with Gasteiger partial charge in [-0.15, -0.1) is 11.8 Å². The second-order valence-electron chi connectivity index (χ2n) is 7.77. The maximum Gasteiger partial charge on any atom is 0.326 e. The molecule has 0 spiro atoms. The Morgan fingerprint density at radius 2 is 1.91 bits per heavy atom. The number of carbonyl (C=O) groups is 6. The highest BCUT2D eigenvalue weighted by molar-refractivity contribution is 8.00. The summed E-state index contributed by atoms with van der Waals surface area (Å²) in [5.41, 5.74) is 5.15. The molecule has 3 amide bonds. The predicted molar refractivity (Wildman–Crippen MR) is 114 cm³/mol. The quantitative estimate of drug-likeness (QED) is 0.117. The van der Waals surface area contributed by atoms with Gasteiger partial charge in [-0.25, -0.2) is 9.59 Å². The van der Waals surface area contributed by atoms with Crippen LogP contribution in [0.4, 0.5) is 0 Å². The van der Waals surface area contributed by atoms with Crippen LogP contribution in [0.5, 0.6) is 0 Å². The van der Waals surface area contributed by atoms with E-state index in [4.69, 9.17) is 15.6 Å². The average molecular weight is 489 g/mol. The molecule has 5 unspecified atom stereocenters. The van der Waals surface area contributed by atoms with Crippen LogP contribution >= 0.6 is 11.8 Å². The van der Waals surface area contributed by atoms with Crippen molar-refractivity contribution in [3.63, 3.8) is 0 Å². The SMILES string of the molecule is CC(=O)OCC1CSC2C(NC(=O)CCCCC(NC(=O)CN)C(=O)O)C(=O)N2C1C(=O)O. The zero-order chi connectivity index (χ0) is 24.7. The zero-order valence-electron chi connectivity index (χ0n) is 18.0. The van der Waals surface area contributed by atoms with Crippen molar-refractivity contribution in [3.8, 4) is 0 Å². The molecule has 2 heterocycles. The summed E-state index contributed by atoms with van der Waals surface area (Å²) in [6.45, 7) is 0.772. The number of rotatable bonds is 12. The molecule has 2 fully saturated rings. The summed E-state index contributed by atoms with van der Waals surface area (Å²) in [5, 5.41) is 23.1. The number of hydrogen-bond donors (Lipinski definition) is 5. The summed E-state index contributed by atoms with van der Waals surface area (Å²) in [6, 6.07) is -3.10. The molecule has 2 aliphatic rings. The van der Waals surface area contributed by atoms with E-state index in [0.717, 1.165) is 0 Å². The van der Waals surface area contributed by atoms with Crippen LogP contribution in [0.15, 0.2) is 0 Å². The fraction of sp³-hybridized carbons (Fsp3) is 0.684. The third-order valence-corrected chi connectivity index (χ3v) is 6.80. The van der Waals surface area contributed by atoms with E-state index >= 15 is 0 Å². The van der Waals surface area contributed by atoms with Gasteiger partial charge in [-0.3, -0.25) is 19.2 Å². The number of β-lactam (4-membered cyclic amide) rings is 1. The van der Waals surface area contributed by atoms with E-state index in [-0.39, 0.29) is 26.0 Å². The lowest BCUT2D eigenvalue weighted by Crippen LogP contribution is -2.76. The van der Waals surface area contributed by atoms with Crippen molar-refractivity contribution in [2.24, 2.45) is 11.7 Å². The van der Waals surface area contributed by atoms with Crippen LogP contribution < -0.4 is 16.4 Å². The third-order valence-electron chi connectivity index (χ3n) is 5.34. The van der Waals surface area contributed by atoms with E-state index < -0.39 is 65.0 Å². The van der Waals surface area contributed by atoms with Crippen molar-refractivity contribution in [2.75, 3.05) is 18.9 Å². The van der Waals surface area contributed by atoms with Gasteiger partial charge < -0.3 is 36.2 Å². The average Bonchev–Trinajstić information content (AvgIpc) is 2.76. The molecule has 6 N–H and O–H groups in total. The lowest BCUT2D eigenvalue weighted by atomic mass is 9.94. The Kier molecular flexibility index (Phi) is 9.46. The largest absolute Gasteiger partial charge is 0.480 e. The standard InChI is InChI=1S/C19H28N4O9S/c1-9(24)32-7-10-8-33-17-14(16(27)23(17)15(10)19(30)31)22-12(25)5-3-2-4-11(18(28)29)21-13(26)6-20/h10-11,14-15,17H,2-8,20H2,1H3,(H,21,26)(H,22,25)(H,28,29)(H,30,31). The molecule has 0 aromatic carbocycles. The number of carboxylic acids is 2. The number of hydrogen-bond acceptors (Lipinski definition) is 9. The Morgan fingerprint density at radius 3 is 2.48 bits per heavy atom. The second kappa shape index (κ2) is 11.8. The number of nitrogens with two attached hydrogens (primary N) is 1. The van der Waals surface area contributed by atoms with Gasteiger partial charge in [-0.1, -0.05) is 6.42 Å². The topological polar surface area (TPSA) is 205 Å². The monoisotopic (exact) mass is 488 g/mol. The summed E-state index contributed by atoms with van der Waals surface area (Å²) < 4.78 is 4.92. The minimum absolute atomic E-state index is 0.0375. The maximum atomic E-state index is 12.6. The minimum atomic E-state index is -1.20. The van der Waals surface area contributed by atoms with Crippen LogP contribution in [0.3, 0.4) is 0 Å². The molecule has 0 aromatic rings. The highest BCUT2D eigenvalue weighted by atomic mass is 32.2. The van der Waals surface area contributed by atoms with E-state index in [1.54, 1.807) is 0 Å². The van der Waals surface area contributed by atoms with Gasteiger partial charge >= 0.3 is 17.9 Å². The first-order chi connectivity index (χ1) is 15.6. The number of nitrogens with zero attached hydrogens (tertiary/aromatic N) is 1. The molecule has 184 valence electrons. The molecule has 5 atom stereocenters. The number of carbonyl (C=O) groups excluding carboxylic acids is 4. The Morgan fingerprint density at radius 1 is 1.21 bits per heavy atom. The fourth-order valence-electron chi connectivity index (χ4n) is 3.71. The van der Waals surface area contributed by atoms with Gasteiger partial charge in [0.05, 0.1) is 13.2 Å². The van der Waals surface area contributed by atoms with Crippen molar-refractivity contribution in [2.45, 2.75) is 56.1 Å². The molecule has 13 nitrogen and oxygen atoms in total. The summed E-state index contributed by atoms with van der Waals surface area (Å²) in [5.74, 6) is -4.68. The molecule has 2 saturated heterocycles. The summed E-state index contributed by atoms with van der Waals surface area (Å²) in [7, 11) is 0. The Labute approximate surface area is 193 Å². The van der Waals surface area contributed by atoms with Crippen LogP contribution in [0, 0.1) is 5.92 Å².